The molecule has 1 rings (SSSR count). The van der Waals surface area contributed by atoms with E-state index < -0.39 is 6.61 Å². The first-order chi connectivity index (χ1) is 9.93. The van der Waals surface area contributed by atoms with Crippen molar-refractivity contribution < 1.29 is 18.3 Å². The number of carbonyl (C=O) groups excluding carboxylic acids is 1. The molecule has 21 heavy (non-hydrogen) atoms. The molecule has 0 aliphatic rings. The number of hydrogen-bond acceptors (Lipinski definition) is 3. The maximum absolute atomic E-state index is 12.3. The normalized spacial score (nSPS) is 10.5. The van der Waals surface area contributed by atoms with Gasteiger partial charge in [-0.25, -0.2) is 0 Å². The van der Waals surface area contributed by atoms with Gasteiger partial charge >= 0.3 is 6.61 Å². The molecule has 0 aliphatic heterocycles. The van der Waals surface area contributed by atoms with E-state index in [4.69, 9.17) is 5.26 Å². The van der Waals surface area contributed by atoms with Crippen molar-refractivity contribution in [2.45, 2.75) is 26.9 Å². The zero-order valence-corrected chi connectivity index (χ0v) is 12.1. The highest BCUT2D eigenvalue weighted by atomic mass is 19.3. The Balaban J connectivity index is 2.80. The predicted octanol–water partition coefficient (Wildman–Crippen LogP) is 3.30. The van der Waals surface area contributed by atoms with Crippen molar-refractivity contribution in [3.63, 3.8) is 0 Å². The predicted molar refractivity (Wildman–Crippen MR) is 74.0 cm³/mol. The third-order valence-corrected chi connectivity index (χ3v) is 2.69. The largest absolute Gasteiger partial charge is 0.435 e. The summed E-state index contributed by atoms with van der Waals surface area (Å²) in [7, 11) is 0. The third-order valence-electron chi connectivity index (χ3n) is 2.69. The monoisotopic (exact) mass is 296 g/mol. The van der Waals surface area contributed by atoms with Crippen molar-refractivity contribution in [3.8, 4) is 11.8 Å². The maximum Gasteiger partial charge on any atom is 0.387 e. The summed E-state index contributed by atoms with van der Waals surface area (Å²) in [5.41, 5.74) is 0.384. The number of hydrogen-bond donors (Lipinski definition) is 0. The maximum atomic E-state index is 12.3. The van der Waals surface area contributed by atoms with Crippen LogP contribution in [0.25, 0.3) is 0 Å². The molecule has 0 N–H and O–H groups in total. The van der Waals surface area contributed by atoms with Gasteiger partial charge in [0.1, 0.15) is 5.75 Å². The molecule has 0 saturated carbocycles. The molecule has 114 valence electrons. The van der Waals surface area contributed by atoms with Crippen LogP contribution in [0.2, 0.25) is 0 Å². The quantitative estimate of drug-likeness (QED) is 0.775. The average molecular weight is 296 g/mol. The lowest BCUT2D eigenvalue weighted by atomic mass is 10.1. The zero-order chi connectivity index (χ0) is 15.8. The minimum absolute atomic E-state index is 0.00832. The summed E-state index contributed by atoms with van der Waals surface area (Å²) in [6.07, 6.45) is 0.255. The Morgan fingerprint density at radius 1 is 1.33 bits per heavy atom. The highest BCUT2D eigenvalue weighted by Gasteiger charge is 2.17. The number of nitriles is 1. The number of alkyl halides is 2. The number of amides is 1. The first-order valence-corrected chi connectivity index (χ1v) is 6.65. The van der Waals surface area contributed by atoms with Crippen LogP contribution in [0, 0.1) is 17.2 Å². The van der Waals surface area contributed by atoms with Crippen molar-refractivity contribution in [1.82, 2.24) is 4.90 Å². The average Bonchev–Trinajstić information content (AvgIpc) is 2.42. The van der Waals surface area contributed by atoms with Gasteiger partial charge in [0, 0.05) is 18.7 Å². The number of rotatable bonds is 7. The number of halogens is 2. The fourth-order valence-corrected chi connectivity index (χ4v) is 1.86. The Kier molecular flexibility index (Phi) is 6.60. The lowest BCUT2D eigenvalue weighted by Crippen LogP contribution is -2.35. The molecule has 6 heteroatoms. The molecule has 0 unspecified atom stereocenters. The van der Waals surface area contributed by atoms with Gasteiger partial charge in [-0.3, -0.25) is 4.79 Å². The Hall–Kier alpha value is -2.16. The van der Waals surface area contributed by atoms with Crippen molar-refractivity contribution in [2.75, 3.05) is 13.1 Å². The van der Waals surface area contributed by atoms with Gasteiger partial charge in [0.25, 0.3) is 5.91 Å². The van der Waals surface area contributed by atoms with Gasteiger partial charge in [0.05, 0.1) is 12.5 Å². The first-order valence-electron chi connectivity index (χ1n) is 6.65. The smallest absolute Gasteiger partial charge is 0.387 e. The topological polar surface area (TPSA) is 53.3 Å². The second kappa shape index (κ2) is 8.20. The standard InChI is InChI=1S/C15H18F2N2O2/c1-11(2)10-19(9-3-8-18)14(20)12-4-6-13(7-5-12)21-15(16)17/h4-7,11,15H,3,9-10H2,1-2H3. The van der Waals surface area contributed by atoms with E-state index in [0.717, 1.165) is 0 Å². The second-order valence-electron chi connectivity index (χ2n) is 4.96. The molecule has 1 aromatic carbocycles. The van der Waals surface area contributed by atoms with E-state index in [1.54, 1.807) is 4.90 Å². The van der Waals surface area contributed by atoms with Gasteiger partial charge in [-0.1, -0.05) is 13.8 Å². The van der Waals surface area contributed by atoms with E-state index >= 15 is 0 Å². The summed E-state index contributed by atoms with van der Waals surface area (Å²) in [5, 5.41) is 8.65. The summed E-state index contributed by atoms with van der Waals surface area (Å²) in [5.74, 6) is 0.0608. The summed E-state index contributed by atoms with van der Waals surface area (Å²) >= 11 is 0. The minimum Gasteiger partial charge on any atom is -0.435 e. The molecule has 0 spiro atoms. The molecule has 0 heterocycles. The number of ether oxygens (including phenoxy) is 1. The van der Waals surface area contributed by atoms with Gasteiger partial charge in [-0.2, -0.15) is 14.0 Å². The molecule has 0 aromatic heterocycles. The van der Waals surface area contributed by atoms with Crippen molar-refractivity contribution >= 4 is 5.91 Å². The van der Waals surface area contributed by atoms with Gasteiger partial charge in [-0.05, 0) is 30.2 Å². The summed E-state index contributed by atoms with van der Waals surface area (Å²) < 4.78 is 28.4. The fourth-order valence-electron chi connectivity index (χ4n) is 1.86. The number of nitrogens with zero attached hydrogens (tertiary/aromatic N) is 2. The van der Waals surface area contributed by atoms with E-state index in [1.807, 2.05) is 19.9 Å². The molecule has 4 nitrogen and oxygen atoms in total. The van der Waals surface area contributed by atoms with Gasteiger partial charge in [-0.15, -0.1) is 0 Å². The molecule has 1 amide bonds. The molecule has 0 bridgehead atoms. The van der Waals surface area contributed by atoms with Gasteiger partial charge in [0.2, 0.25) is 0 Å². The van der Waals surface area contributed by atoms with E-state index in [9.17, 15) is 13.6 Å². The van der Waals surface area contributed by atoms with Crippen LogP contribution in [0.4, 0.5) is 8.78 Å². The lowest BCUT2D eigenvalue weighted by Gasteiger charge is -2.23. The van der Waals surface area contributed by atoms with Crippen LogP contribution >= 0.6 is 0 Å². The molecule has 0 fully saturated rings. The highest BCUT2D eigenvalue weighted by Crippen LogP contribution is 2.16. The van der Waals surface area contributed by atoms with Crippen molar-refractivity contribution in [3.05, 3.63) is 29.8 Å². The fraction of sp³-hybridized carbons (Fsp3) is 0.467. The molecular weight excluding hydrogens is 278 g/mol. The van der Waals surface area contributed by atoms with E-state index in [0.29, 0.717) is 18.7 Å². The van der Waals surface area contributed by atoms with Gasteiger partial charge < -0.3 is 9.64 Å². The van der Waals surface area contributed by atoms with Gasteiger partial charge in [0.15, 0.2) is 0 Å². The summed E-state index contributed by atoms with van der Waals surface area (Å²) in [6, 6.07) is 7.56. The molecule has 0 aliphatic carbocycles. The molecule has 0 radical (unpaired) electrons. The van der Waals surface area contributed by atoms with Crippen LogP contribution in [0.15, 0.2) is 24.3 Å². The molecule has 0 atom stereocenters. The van der Waals surface area contributed by atoms with E-state index in [2.05, 4.69) is 4.74 Å². The summed E-state index contributed by atoms with van der Waals surface area (Å²) in [4.78, 5) is 13.9. The van der Waals surface area contributed by atoms with E-state index in [1.165, 1.54) is 24.3 Å². The zero-order valence-electron chi connectivity index (χ0n) is 12.1. The first kappa shape index (κ1) is 16.9. The van der Waals surface area contributed by atoms with Crippen LogP contribution in [0.3, 0.4) is 0 Å². The molecule has 0 saturated heterocycles. The highest BCUT2D eigenvalue weighted by molar-refractivity contribution is 5.94. The third kappa shape index (κ3) is 5.78. The Bertz CT molecular complexity index is 495. The lowest BCUT2D eigenvalue weighted by molar-refractivity contribution is -0.0498. The van der Waals surface area contributed by atoms with Crippen molar-refractivity contribution in [1.29, 1.82) is 5.26 Å². The Morgan fingerprint density at radius 2 is 1.95 bits per heavy atom. The summed E-state index contributed by atoms with van der Waals surface area (Å²) in [6.45, 7) is 1.96. The van der Waals surface area contributed by atoms with Crippen LogP contribution in [0.5, 0.6) is 5.75 Å². The molecular formula is C15H18F2N2O2. The Morgan fingerprint density at radius 3 is 2.43 bits per heavy atom. The SMILES string of the molecule is CC(C)CN(CCC#N)C(=O)c1ccc(OC(F)F)cc1. The van der Waals surface area contributed by atoms with E-state index in [-0.39, 0.29) is 24.0 Å². The second-order valence-corrected chi connectivity index (χ2v) is 4.96. The number of benzene rings is 1. The Labute approximate surface area is 122 Å². The van der Waals surface area contributed by atoms with Crippen LogP contribution in [-0.4, -0.2) is 30.5 Å². The van der Waals surface area contributed by atoms with Crippen molar-refractivity contribution in [2.24, 2.45) is 5.92 Å². The number of carbonyl (C=O) groups is 1. The molecule has 1 aromatic rings. The van der Waals surface area contributed by atoms with Crippen LogP contribution in [0.1, 0.15) is 30.6 Å². The minimum atomic E-state index is -2.89. The van der Waals surface area contributed by atoms with Crippen LogP contribution < -0.4 is 4.74 Å². The van der Waals surface area contributed by atoms with Crippen LogP contribution in [-0.2, 0) is 0 Å².